The minimum atomic E-state index is -0.333. The van der Waals surface area contributed by atoms with Crippen molar-refractivity contribution in [1.82, 2.24) is 0 Å². The molecule has 0 aromatic heterocycles. The first-order valence-electron chi connectivity index (χ1n) is 6.52. The summed E-state index contributed by atoms with van der Waals surface area (Å²) < 4.78 is 4.75. The van der Waals surface area contributed by atoms with Gasteiger partial charge in [-0.05, 0) is 35.3 Å². The molecule has 3 nitrogen and oxygen atoms in total. The third-order valence-corrected chi connectivity index (χ3v) is 3.45. The summed E-state index contributed by atoms with van der Waals surface area (Å²) in [5.74, 6) is -0.333. The molecule has 3 rings (SSSR count). The number of hydrogen-bond donors (Lipinski definition) is 1. The number of anilines is 1. The number of esters is 1. The summed E-state index contributed by atoms with van der Waals surface area (Å²) in [4.78, 5) is 11.6. The molecule has 3 heteroatoms. The van der Waals surface area contributed by atoms with E-state index in [4.69, 9.17) is 4.74 Å². The molecule has 2 aromatic carbocycles. The van der Waals surface area contributed by atoms with Gasteiger partial charge in [0.15, 0.2) is 0 Å². The van der Waals surface area contributed by atoms with Crippen LogP contribution in [-0.2, 0) is 16.0 Å². The number of rotatable bonds is 2. The number of carbonyl (C=O) groups excluding carboxylic acids is 1. The zero-order chi connectivity index (χ0) is 13.9. The van der Waals surface area contributed by atoms with Crippen molar-refractivity contribution in [3.63, 3.8) is 0 Å². The predicted molar refractivity (Wildman–Crippen MR) is 79.3 cm³/mol. The van der Waals surface area contributed by atoms with Gasteiger partial charge in [0.2, 0.25) is 0 Å². The number of hydrogen-bond acceptors (Lipinski definition) is 3. The van der Waals surface area contributed by atoms with E-state index in [0.29, 0.717) is 5.70 Å². The van der Waals surface area contributed by atoms with E-state index in [0.717, 1.165) is 12.1 Å². The first-order valence-corrected chi connectivity index (χ1v) is 6.52. The zero-order valence-corrected chi connectivity index (χ0v) is 11.2. The maximum atomic E-state index is 11.6. The lowest BCUT2D eigenvalue weighted by Crippen LogP contribution is -2.17. The van der Waals surface area contributed by atoms with Crippen LogP contribution >= 0.6 is 0 Å². The third-order valence-electron chi connectivity index (χ3n) is 3.45. The Morgan fingerprint density at radius 2 is 1.90 bits per heavy atom. The van der Waals surface area contributed by atoms with Gasteiger partial charge in [-0.2, -0.15) is 0 Å². The smallest absolute Gasteiger partial charge is 0.354 e. The first-order chi connectivity index (χ1) is 9.79. The maximum absolute atomic E-state index is 11.6. The highest BCUT2D eigenvalue weighted by molar-refractivity contribution is 5.94. The topological polar surface area (TPSA) is 38.3 Å². The lowest BCUT2D eigenvalue weighted by Gasteiger charge is -2.20. The molecule has 0 atom stereocenters. The van der Waals surface area contributed by atoms with Crippen LogP contribution in [0.4, 0.5) is 5.69 Å². The highest BCUT2D eigenvalue weighted by atomic mass is 16.5. The maximum Gasteiger partial charge on any atom is 0.354 e. The van der Waals surface area contributed by atoms with Crippen LogP contribution in [0.3, 0.4) is 0 Å². The number of ether oxygens (including phenoxy) is 1. The van der Waals surface area contributed by atoms with E-state index in [1.807, 2.05) is 36.4 Å². The predicted octanol–water partition coefficient (Wildman–Crippen LogP) is 3.38. The molecule has 0 saturated carbocycles. The van der Waals surface area contributed by atoms with E-state index in [-0.39, 0.29) is 5.97 Å². The van der Waals surface area contributed by atoms with Crippen LogP contribution in [0.2, 0.25) is 0 Å². The number of methoxy groups -OCH3 is 1. The van der Waals surface area contributed by atoms with Crippen LogP contribution in [0.5, 0.6) is 0 Å². The van der Waals surface area contributed by atoms with E-state index >= 15 is 0 Å². The van der Waals surface area contributed by atoms with Crippen LogP contribution in [0.15, 0.2) is 60.3 Å². The highest BCUT2D eigenvalue weighted by Gasteiger charge is 2.18. The van der Waals surface area contributed by atoms with Crippen LogP contribution in [-0.4, -0.2) is 13.1 Å². The number of benzene rings is 2. The van der Waals surface area contributed by atoms with Gasteiger partial charge in [-0.3, -0.25) is 0 Å². The molecule has 0 fully saturated rings. The van der Waals surface area contributed by atoms with Gasteiger partial charge in [0.05, 0.1) is 7.11 Å². The molecular formula is C17H15NO2. The highest BCUT2D eigenvalue weighted by Crippen LogP contribution is 2.33. The number of fused-ring (bicyclic) bond motifs is 1. The van der Waals surface area contributed by atoms with Crippen molar-refractivity contribution in [1.29, 1.82) is 0 Å². The fraction of sp³-hybridized carbons (Fsp3) is 0.118. The molecule has 1 N–H and O–H groups in total. The molecule has 0 amide bonds. The van der Waals surface area contributed by atoms with E-state index in [1.54, 1.807) is 0 Å². The second kappa shape index (κ2) is 5.21. The van der Waals surface area contributed by atoms with Crippen molar-refractivity contribution in [2.75, 3.05) is 12.4 Å². The van der Waals surface area contributed by atoms with Crippen LogP contribution in [0, 0.1) is 0 Å². The van der Waals surface area contributed by atoms with Crippen molar-refractivity contribution < 1.29 is 9.53 Å². The molecule has 1 heterocycles. The van der Waals surface area contributed by atoms with E-state index in [1.165, 1.54) is 23.8 Å². The Morgan fingerprint density at radius 1 is 1.10 bits per heavy atom. The summed E-state index contributed by atoms with van der Waals surface area (Å²) in [5.41, 5.74) is 5.04. The van der Waals surface area contributed by atoms with Crippen molar-refractivity contribution in [3.05, 3.63) is 65.9 Å². The van der Waals surface area contributed by atoms with Gasteiger partial charge in [-0.1, -0.05) is 42.5 Å². The Balaban J connectivity index is 2.01. The van der Waals surface area contributed by atoms with Crippen LogP contribution in [0.25, 0.3) is 11.1 Å². The molecule has 1 aliphatic rings. The number of nitrogens with one attached hydrogen (secondary N) is 1. The minimum absolute atomic E-state index is 0.333. The van der Waals surface area contributed by atoms with Gasteiger partial charge in [-0.15, -0.1) is 0 Å². The molecule has 2 aromatic rings. The second-order valence-electron chi connectivity index (χ2n) is 4.64. The lowest BCUT2D eigenvalue weighted by molar-refractivity contribution is -0.135. The molecule has 0 unspecified atom stereocenters. The summed E-state index contributed by atoms with van der Waals surface area (Å²) in [6, 6.07) is 16.3. The normalized spacial score (nSPS) is 12.9. The molecule has 20 heavy (non-hydrogen) atoms. The second-order valence-corrected chi connectivity index (χ2v) is 4.64. The van der Waals surface area contributed by atoms with Gasteiger partial charge < -0.3 is 10.1 Å². The van der Waals surface area contributed by atoms with Crippen molar-refractivity contribution in [3.8, 4) is 11.1 Å². The van der Waals surface area contributed by atoms with Gasteiger partial charge >= 0.3 is 5.97 Å². The third kappa shape index (κ3) is 2.18. The quantitative estimate of drug-likeness (QED) is 0.846. The molecule has 100 valence electrons. The Kier molecular flexibility index (Phi) is 3.25. The fourth-order valence-corrected chi connectivity index (χ4v) is 2.46. The van der Waals surface area contributed by atoms with Gasteiger partial charge in [0, 0.05) is 5.69 Å². The average molecular weight is 265 g/mol. The standard InChI is InChI=1S/C17H15NO2/c1-20-17(19)16-11-10-14-13(8-5-9-15(14)18-16)12-6-3-2-4-7-12/h2-9,11,18H,10H2,1H3. The van der Waals surface area contributed by atoms with E-state index in [2.05, 4.69) is 23.5 Å². The molecule has 0 aliphatic carbocycles. The average Bonchev–Trinajstić information content (AvgIpc) is 2.53. The molecule has 0 radical (unpaired) electrons. The first kappa shape index (κ1) is 12.5. The lowest BCUT2D eigenvalue weighted by atomic mass is 9.94. The number of allylic oxidation sites excluding steroid dienone is 1. The summed E-state index contributed by atoms with van der Waals surface area (Å²) in [6.45, 7) is 0. The van der Waals surface area contributed by atoms with Gasteiger partial charge in [-0.25, -0.2) is 4.79 Å². The fourth-order valence-electron chi connectivity index (χ4n) is 2.46. The van der Waals surface area contributed by atoms with Crippen molar-refractivity contribution in [2.24, 2.45) is 0 Å². The Labute approximate surface area is 117 Å². The molecular weight excluding hydrogens is 250 g/mol. The monoisotopic (exact) mass is 265 g/mol. The van der Waals surface area contributed by atoms with Gasteiger partial charge in [0.25, 0.3) is 0 Å². The van der Waals surface area contributed by atoms with Crippen molar-refractivity contribution >= 4 is 11.7 Å². The largest absolute Gasteiger partial charge is 0.464 e. The van der Waals surface area contributed by atoms with E-state index in [9.17, 15) is 4.79 Å². The summed E-state index contributed by atoms with van der Waals surface area (Å²) in [7, 11) is 1.39. The summed E-state index contributed by atoms with van der Waals surface area (Å²) in [5, 5.41) is 3.14. The summed E-state index contributed by atoms with van der Waals surface area (Å²) >= 11 is 0. The zero-order valence-electron chi connectivity index (χ0n) is 11.2. The van der Waals surface area contributed by atoms with Crippen LogP contribution in [0.1, 0.15) is 5.56 Å². The SMILES string of the molecule is COC(=O)C1=CCc2c(cccc2-c2ccccc2)N1. The van der Waals surface area contributed by atoms with E-state index < -0.39 is 0 Å². The molecule has 1 aliphatic heterocycles. The Morgan fingerprint density at radius 3 is 2.65 bits per heavy atom. The van der Waals surface area contributed by atoms with Crippen LogP contribution < -0.4 is 5.32 Å². The summed E-state index contributed by atoms with van der Waals surface area (Å²) in [6.07, 6.45) is 2.60. The Hall–Kier alpha value is -2.55. The van der Waals surface area contributed by atoms with Crippen molar-refractivity contribution in [2.45, 2.75) is 6.42 Å². The Bertz CT molecular complexity index is 675. The van der Waals surface area contributed by atoms with Gasteiger partial charge in [0.1, 0.15) is 5.70 Å². The molecule has 0 spiro atoms. The minimum Gasteiger partial charge on any atom is -0.464 e. The molecule has 0 saturated heterocycles. The number of carbonyl (C=O) groups is 1. The molecule has 0 bridgehead atoms.